The molecular formula is C21H20N2O4S. The quantitative estimate of drug-likeness (QED) is 0.675. The van der Waals surface area contributed by atoms with Gasteiger partial charge in [0.15, 0.2) is 0 Å². The van der Waals surface area contributed by atoms with E-state index in [4.69, 9.17) is 9.47 Å². The number of aromatic nitrogens is 1. The summed E-state index contributed by atoms with van der Waals surface area (Å²) in [5, 5.41) is 0. The number of fused-ring (bicyclic) bond motifs is 1. The molecule has 7 heteroatoms. The van der Waals surface area contributed by atoms with E-state index in [-0.39, 0.29) is 16.7 Å². The van der Waals surface area contributed by atoms with Gasteiger partial charge in [-0.2, -0.15) is 0 Å². The number of methoxy groups -OCH3 is 2. The van der Waals surface area contributed by atoms with Gasteiger partial charge in [0.1, 0.15) is 17.3 Å². The van der Waals surface area contributed by atoms with E-state index in [2.05, 4.69) is 0 Å². The zero-order chi connectivity index (χ0) is 19.8. The second-order valence-corrected chi connectivity index (χ2v) is 7.57. The smallest absolute Gasteiger partial charge is 0.308 e. The summed E-state index contributed by atoms with van der Waals surface area (Å²) in [4.78, 5) is 28.1. The van der Waals surface area contributed by atoms with E-state index in [1.165, 1.54) is 11.3 Å². The van der Waals surface area contributed by atoms with Crippen LogP contribution in [0, 0.1) is 0 Å². The van der Waals surface area contributed by atoms with Crippen LogP contribution in [0.25, 0.3) is 0 Å². The summed E-state index contributed by atoms with van der Waals surface area (Å²) in [7, 11) is 4.92. The number of carbonyl (C=O) groups excluding carboxylic acids is 1. The maximum Gasteiger partial charge on any atom is 0.308 e. The van der Waals surface area contributed by atoms with Gasteiger partial charge in [-0.3, -0.25) is 19.1 Å². The molecule has 2 heterocycles. The predicted molar refractivity (Wildman–Crippen MR) is 109 cm³/mol. The van der Waals surface area contributed by atoms with Gasteiger partial charge in [0.2, 0.25) is 5.91 Å². The largest absolute Gasteiger partial charge is 0.497 e. The van der Waals surface area contributed by atoms with Crippen molar-refractivity contribution in [3.8, 4) is 11.5 Å². The Bertz CT molecular complexity index is 1070. The second kappa shape index (κ2) is 7.16. The summed E-state index contributed by atoms with van der Waals surface area (Å²) in [5.41, 5.74) is 1.71. The van der Waals surface area contributed by atoms with Crippen molar-refractivity contribution in [2.75, 3.05) is 19.1 Å². The lowest BCUT2D eigenvalue weighted by Crippen LogP contribution is -2.34. The Morgan fingerprint density at radius 1 is 0.929 bits per heavy atom. The number of amides is 1. The van der Waals surface area contributed by atoms with Gasteiger partial charge < -0.3 is 9.47 Å². The van der Waals surface area contributed by atoms with Crippen molar-refractivity contribution in [2.24, 2.45) is 7.05 Å². The minimum atomic E-state index is -0.151. The Balaban J connectivity index is 1.82. The van der Waals surface area contributed by atoms with Gasteiger partial charge in [-0.15, -0.1) is 0 Å². The normalized spacial score (nSPS) is 16.0. The highest BCUT2D eigenvalue weighted by Crippen LogP contribution is 2.44. The third-order valence-electron chi connectivity index (χ3n) is 5.01. The average Bonchev–Trinajstić information content (AvgIpc) is 3.02. The average molecular weight is 396 g/mol. The van der Waals surface area contributed by atoms with Crippen LogP contribution in [-0.4, -0.2) is 24.7 Å². The Morgan fingerprint density at radius 3 is 2.07 bits per heavy atom. The third kappa shape index (κ3) is 2.97. The molecule has 0 spiro atoms. The molecule has 1 aliphatic heterocycles. The van der Waals surface area contributed by atoms with Crippen molar-refractivity contribution < 1.29 is 14.3 Å². The lowest BCUT2D eigenvalue weighted by molar-refractivity contribution is -0.118. The molecule has 0 saturated heterocycles. The van der Waals surface area contributed by atoms with Crippen LogP contribution >= 0.6 is 11.3 Å². The summed E-state index contributed by atoms with van der Waals surface area (Å²) in [6.45, 7) is 0. The maximum atomic E-state index is 13.1. The van der Waals surface area contributed by atoms with Crippen LogP contribution in [0.1, 0.15) is 22.8 Å². The molecule has 0 aliphatic carbocycles. The van der Waals surface area contributed by atoms with E-state index in [0.717, 1.165) is 16.2 Å². The third-order valence-corrected chi connectivity index (χ3v) is 6.15. The van der Waals surface area contributed by atoms with Gasteiger partial charge >= 0.3 is 4.87 Å². The Labute approximate surface area is 166 Å². The lowest BCUT2D eigenvalue weighted by atomic mass is 9.90. The number of hydrogen-bond donors (Lipinski definition) is 0. The van der Waals surface area contributed by atoms with Crippen LogP contribution in [0.15, 0.2) is 53.3 Å². The Morgan fingerprint density at radius 2 is 1.50 bits per heavy atom. The molecule has 0 bridgehead atoms. The van der Waals surface area contributed by atoms with Gasteiger partial charge in [0.25, 0.3) is 0 Å². The molecule has 28 heavy (non-hydrogen) atoms. The topological polar surface area (TPSA) is 60.8 Å². The molecule has 1 aliphatic rings. The molecule has 0 fully saturated rings. The molecule has 0 N–H and O–H groups in total. The van der Waals surface area contributed by atoms with E-state index < -0.39 is 0 Å². The summed E-state index contributed by atoms with van der Waals surface area (Å²) < 4.78 is 12.0. The second-order valence-electron chi connectivity index (χ2n) is 6.57. The summed E-state index contributed by atoms with van der Waals surface area (Å²) in [6, 6.07) is 14.9. The van der Waals surface area contributed by atoms with Crippen molar-refractivity contribution in [3.63, 3.8) is 0 Å². The fraction of sp³-hybridized carbons (Fsp3) is 0.238. The number of hydrogen-bond acceptors (Lipinski definition) is 5. The standard InChI is InChI=1S/C21H20N2O4S/c1-22-20-19(28-21(22)25)17(13-4-8-15(26-2)9-5-13)12-18(24)23(20)14-6-10-16(27-3)11-7-14/h4-11,17H,12H2,1-3H3. The van der Waals surface area contributed by atoms with Crippen molar-refractivity contribution in [1.29, 1.82) is 0 Å². The van der Waals surface area contributed by atoms with Gasteiger partial charge in [-0.05, 0) is 42.0 Å². The molecule has 2 aromatic carbocycles. The SMILES string of the molecule is COc1ccc(C2CC(=O)N(c3ccc(OC)cc3)c3c2sc(=O)n3C)cc1. The van der Waals surface area contributed by atoms with Crippen LogP contribution < -0.4 is 19.2 Å². The molecule has 3 aromatic rings. The maximum absolute atomic E-state index is 13.1. The molecule has 0 radical (unpaired) electrons. The molecule has 6 nitrogen and oxygen atoms in total. The fourth-order valence-electron chi connectivity index (χ4n) is 3.53. The van der Waals surface area contributed by atoms with Gasteiger partial charge in [-0.25, -0.2) is 0 Å². The fourth-order valence-corrected chi connectivity index (χ4v) is 4.62. The summed E-state index contributed by atoms with van der Waals surface area (Å²) in [5.74, 6) is 1.90. The van der Waals surface area contributed by atoms with E-state index in [9.17, 15) is 9.59 Å². The zero-order valence-electron chi connectivity index (χ0n) is 15.8. The van der Waals surface area contributed by atoms with Crippen LogP contribution in [0.2, 0.25) is 0 Å². The van der Waals surface area contributed by atoms with E-state index in [0.29, 0.717) is 23.7 Å². The van der Waals surface area contributed by atoms with Crippen LogP contribution in [0.5, 0.6) is 11.5 Å². The highest BCUT2D eigenvalue weighted by Gasteiger charge is 2.37. The van der Waals surface area contributed by atoms with Crippen LogP contribution in [0.3, 0.4) is 0 Å². The van der Waals surface area contributed by atoms with Crippen LogP contribution in [0.4, 0.5) is 11.5 Å². The van der Waals surface area contributed by atoms with E-state index >= 15 is 0 Å². The molecule has 0 saturated carbocycles. The van der Waals surface area contributed by atoms with E-state index in [1.807, 2.05) is 48.5 Å². The first-order valence-corrected chi connectivity index (χ1v) is 9.65. The Kier molecular flexibility index (Phi) is 4.68. The van der Waals surface area contributed by atoms with Crippen molar-refractivity contribution in [1.82, 2.24) is 4.57 Å². The van der Waals surface area contributed by atoms with E-state index in [1.54, 1.807) is 30.7 Å². The number of thiazole rings is 1. The molecule has 1 aromatic heterocycles. The minimum absolute atomic E-state index is 0.0492. The molecule has 1 atom stereocenters. The number of benzene rings is 2. The predicted octanol–water partition coefficient (Wildman–Crippen LogP) is 3.66. The molecular weight excluding hydrogens is 376 g/mol. The monoisotopic (exact) mass is 396 g/mol. The molecule has 1 unspecified atom stereocenters. The highest BCUT2D eigenvalue weighted by molar-refractivity contribution is 7.10. The minimum Gasteiger partial charge on any atom is -0.497 e. The first kappa shape index (κ1) is 18.3. The number of rotatable bonds is 4. The number of nitrogens with zero attached hydrogens (tertiary/aromatic N) is 2. The van der Waals surface area contributed by atoms with Crippen molar-refractivity contribution >= 4 is 28.7 Å². The van der Waals surface area contributed by atoms with Crippen LogP contribution in [-0.2, 0) is 11.8 Å². The highest BCUT2D eigenvalue weighted by atomic mass is 32.1. The van der Waals surface area contributed by atoms with Crippen molar-refractivity contribution in [3.05, 3.63) is 68.6 Å². The molecule has 4 rings (SSSR count). The Hall–Kier alpha value is -3.06. The number of ether oxygens (including phenoxy) is 2. The first-order valence-electron chi connectivity index (χ1n) is 8.84. The summed E-state index contributed by atoms with van der Waals surface area (Å²) >= 11 is 1.20. The first-order chi connectivity index (χ1) is 13.5. The van der Waals surface area contributed by atoms with Crippen molar-refractivity contribution in [2.45, 2.75) is 12.3 Å². The van der Waals surface area contributed by atoms with Gasteiger partial charge in [-0.1, -0.05) is 23.5 Å². The number of anilines is 2. The molecule has 144 valence electrons. The zero-order valence-corrected chi connectivity index (χ0v) is 16.7. The number of carbonyl (C=O) groups is 1. The summed E-state index contributed by atoms with van der Waals surface area (Å²) in [6.07, 6.45) is 0.297. The lowest BCUT2D eigenvalue weighted by Gasteiger charge is -2.32. The van der Waals surface area contributed by atoms with Gasteiger partial charge in [0, 0.05) is 19.4 Å². The molecule has 1 amide bonds. The van der Waals surface area contributed by atoms with Gasteiger partial charge in [0.05, 0.1) is 24.8 Å².